The molecule has 0 aliphatic carbocycles. The van der Waals surface area contributed by atoms with E-state index in [1.165, 1.54) is 22.5 Å². The van der Waals surface area contributed by atoms with Crippen LogP contribution in [0, 0.1) is 0 Å². The van der Waals surface area contributed by atoms with Crippen molar-refractivity contribution in [3.05, 3.63) is 64.1 Å². The van der Waals surface area contributed by atoms with E-state index in [-0.39, 0.29) is 15.8 Å². The van der Waals surface area contributed by atoms with Crippen LogP contribution >= 0.6 is 23.2 Å². The summed E-state index contributed by atoms with van der Waals surface area (Å²) in [6, 6.07) is 11.3. The summed E-state index contributed by atoms with van der Waals surface area (Å²) in [4.78, 5) is 12.3. The fourth-order valence-electron chi connectivity index (χ4n) is 2.41. The number of hydrogen-bond acceptors (Lipinski definition) is 3. The van der Waals surface area contributed by atoms with Crippen LogP contribution in [0.15, 0.2) is 53.4 Å². The van der Waals surface area contributed by atoms with Crippen molar-refractivity contribution in [2.75, 3.05) is 18.4 Å². The average molecular weight is 427 g/mol. The number of carbonyl (C=O) groups is 1. The van der Waals surface area contributed by atoms with Gasteiger partial charge in [-0.3, -0.25) is 4.79 Å². The molecule has 27 heavy (non-hydrogen) atoms. The molecule has 2 rings (SSSR count). The molecule has 5 nitrogen and oxygen atoms in total. The van der Waals surface area contributed by atoms with Gasteiger partial charge in [0.15, 0.2) is 0 Å². The Kier molecular flexibility index (Phi) is 7.44. The molecular formula is C19H20Cl2N2O3S. The summed E-state index contributed by atoms with van der Waals surface area (Å²) in [7, 11) is -3.50. The average Bonchev–Trinajstić information content (AvgIpc) is 2.65. The largest absolute Gasteiger partial charge is 0.321 e. The summed E-state index contributed by atoms with van der Waals surface area (Å²) in [5, 5.41) is 3.26. The highest BCUT2D eigenvalue weighted by molar-refractivity contribution is 7.89. The Morgan fingerprint density at radius 3 is 2.30 bits per heavy atom. The molecular weight excluding hydrogens is 407 g/mol. The molecule has 0 spiro atoms. The zero-order valence-electron chi connectivity index (χ0n) is 14.9. The van der Waals surface area contributed by atoms with Crippen LogP contribution in [0.4, 0.5) is 5.69 Å². The Hall–Kier alpha value is -1.86. The monoisotopic (exact) mass is 426 g/mol. The van der Waals surface area contributed by atoms with Gasteiger partial charge < -0.3 is 5.32 Å². The highest BCUT2D eigenvalue weighted by Crippen LogP contribution is 2.29. The first-order valence-corrected chi connectivity index (χ1v) is 10.5. The number of carbonyl (C=O) groups excluding carboxylic acids is 1. The molecule has 144 valence electrons. The van der Waals surface area contributed by atoms with E-state index in [0.29, 0.717) is 29.4 Å². The molecule has 0 bridgehead atoms. The predicted octanol–water partition coefficient (Wildman–Crippen LogP) is 4.68. The van der Waals surface area contributed by atoms with Gasteiger partial charge in [0.05, 0.1) is 20.6 Å². The maximum atomic E-state index is 12.5. The first-order chi connectivity index (χ1) is 12.8. The van der Waals surface area contributed by atoms with Crippen LogP contribution in [-0.2, 0) is 14.8 Å². The first-order valence-electron chi connectivity index (χ1n) is 8.32. The number of nitrogens with zero attached hydrogens (tertiary/aromatic N) is 1. The van der Waals surface area contributed by atoms with E-state index in [0.717, 1.165) is 0 Å². The topological polar surface area (TPSA) is 66.5 Å². The van der Waals surface area contributed by atoms with Crippen molar-refractivity contribution in [1.82, 2.24) is 4.31 Å². The quantitative estimate of drug-likeness (QED) is 0.653. The maximum Gasteiger partial charge on any atom is 0.248 e. The molecule has 1 N–H and O–H groups in total. The standard InChI is InChI=1S/C19H20Cl2N2O3S/c1-3-23(4-2)27(25,26)15-11-8-14(9-12-15)10-13-18(24)22-17-7-5-6-16(20)19(17)21/h5-13H,3-4H2,1-2H3,(H,22,24)/b13-10+. The molecule has 0 heterocycles. The Balaban J connectivity index is 2.09. The summed E-state index contributed by atoms with van der Waals surface area (Å²) in [5.41, 5.74) is 1.11. The van der Waals surface area contributed by atoms with Crippen molar-refractivity contribution in [1.29, 1.82) is 0 Å². The lowest BCUT2D eigenvalue weighted by Crippen LogP contribution is -2.30. The molecule has 0 unspecified atom stereocenters. The van der Waals surface area contributed by atoms with E-state index >= 15 is 0 Å². The third-order valence-electron chi connectivity index (χ3n) is 3.86. The fourth-order valence-corrected chi connectivity index (χ4v) is 4.22. The van der Waals surface area contributed by atoms with Gasteiger partial charge in [-0.05, 0) is 35.9 Å². The van der Waals surface area contributed by atoms with Gasteiger partial charge in [0.2, 0.25) is 15.9 Å². The molecule has 0 saturated carbocycles. The van der Waals surface area contributed by atoms with E-state index in [4.69, 9.17) is 23.2 Å². The van der Waals surface area contributed by atoms with Crippen LogP contribution < -0.4 is 5.32 Å². The van der Waals surface area contributed by atoms with E-state index in [1.807, 2.05) is 0 Å². The normalized spacial score (nSPS) is 11.9. The van der Waals surface area contributed by atoms with Crippen molar-refractivity contribution in [3.63, 3.8) is 0 Å². The number of anilines is 1. The number of sulfonamides is 1. The van der Waals surface area contributed by atoms with Crippen molar-refractivity contribution in [2.24, 2.45) is 0 Å². The molecule has 0 aliphatic heterocycles. The van der Waals surface area contributed by atoms with Crippen LogP contribution in [0.3, 0.4) is 0 Å². The molecule has 0 aromatic heterocycles. The second-order valence-electron chi connectivity index (χ2n) is 5.58. The second-order valence-corrected chi connectivity index (χ2v) is 8.31. The van der Waals surface area contributed by atoms with Gasteiger partial charge in [-0.25, -0.2) is 8.42 Å². The Bertz CT molecular complexity index is 938. The van der Waals surface area contributed by atoms with Gasteiger partial charge in [0.1, 0.15) is 0 Å². The van der Waals surface area contributed by atoms with Gasteiger partial charge in [0, 0.05) is 19.2 Å². The van der Waals surface area contributed by atoms with E-state index < -0.39 is 10.0 Å². The van der Waals surface area contributed by atoms with Gasteiger partial charge in [-0.15, -0.1) is 0 Å². The van der Waals surface area contributed by atoms with Gasteiger partial charge in [-0.2, -0.15) is 4.31 Å². The molecule has 0 saturated heterocycles. The molecule has 2 aromatic carbocycles. The lowest BCUT2D eigenvalue weighted by atomic mass is 10.2. The molecule has 0 atom stereocenters. The summed E-state index contributed by atoms with van der Waals surface area (Å²) in [5.74, 6) is -0.376. The Morgan fingerprint density at radius 1 is 1.07 bits per heavy atom. The Morgan fingerprint density at radius 2 is 1.70 bits per heavy atom. The van der Waals surface area contributed by atoms with E-state index in [1.54, 1.807) is 50.3 Å². The number of benzene rings is 2. The van der Waals surface area contributed by atoms with Crippen molar-refractivity contribution < 1.29 is 13.2 Å². The van der Waals surface area contributed by atoms with Gasteiger partial charge >= 0.3 is 0 Å². The van der Waals surface area contributed by atoms with Gasteiger partial charge in [0.25, 0.3) is 0 Å². The minimum atomic E-state index is -3.50. The second kappa shape index (κ2) is 9.37. The number of nitrogens with one attached hydrogen (secondary N) is 1. The number of amides is 1. The molecule has 0 fully saturated rings. The summed E-state index contributed by atoms with van der Waals surface area (Å²) >= 11 is 11.9. The van der Waals surface area contributed by atoms with Crippen LogP contribution in [0.1, 0.15) is 19.4 Å². The molecule has 1 amide bonds. The number of halogens is 2. The molecule has 8 heteroatoms. The maximum absolute atomic E-state index is 12.5. The van der Waals surface area contributed by atoms with Crippen molar-refractivity contribution >= 4 is 50.9 Å². The summed E-state index contributed by atoms with van der Waals surface area (Å²) in [6.07, 6.45) is 2.92. The van der Waals surface area contributed by atoms with Crippen LogP contribution in [-0.4, -0.2) is 31.7 Å². The number of rotatable bonds is 7. The first kappa shape index (κ1) is 21.4. The summed E-state index contributed by atoms with van der Waals surface area (Å²) in [6.45, 7) is 4.41. The van der Waals surface area contributed by atoms with Crippen molar-refractivity contribution in [3.8, 4) is 0 Å². The summed E-state index contributed by atoms with van der Waals surface area (Å²) < 4.78 is 26.3. The third-order valence-corrected chi connectivity index (χ3v) is 6.74. The third kappa shape index (κ3) is 5.32. The minimum Gasteiger partial charge on any atom is -0.321 e. The molecule has 0 aliphatic rings. The number of hydrogen-bond donors (Lipinski definition) is 1. The Labute approximate surface area is 169 Å². The lowest BCUT2D eigenvalue weighted by molar-refractivity contribution is -0.111. The zero-order valence-corrected chi connectivity index (χ0v) is 17.3. The van der Waals surface area contributed by atoms with E-state index in [9.17, 15) is 13.2 Å². The molecule has 0 radical (unpaired) electrons. The van der Waals surface area contributed by atoms with E-state index in [2.05, 4.69) is 5.32 Å². The molecule has 2 aromatic rings. The SMILES string of the molecule is CCN(CC)S(=O)(=O)c1ccc(/C=C/C(=O)Nc2cccc(Cl)c2Cl)cc1. The highest BCUT2D eigenvalue weighted by atomic mass is 35.5. The van der Waals surface area contributed by atoms with Crippen molar-refractivity contribution in [2.45, 2.75) is 18.7 Å². The smallest absolute Gasteiger partial charge is 0.248 e. The van der Waals surface area contributed by atoms with Crippen LogP contribution in [0.25, 0.3) is 6.08 Å². The van der Waals surface area contributed by atoms with Crippen LogP contribution in [0.5, 0.6) is 0 Å². The van der Waals surface area contributed by atoms with Crippen LogP contribution in [0.2, 0.25) is 10.0 Å². The predicted molar refractivity (Wildman–Crippen MR) is 111 cm³/mol. The van der Waals surface area contributed by atoms with Gasteiger partial charge in [-0.1, -0.05) is 55.2 Å². The lowest BCUT2D eigenvalue weighted by Gasteiger charge is -2.18. The fraction of sp³-hybridized carbons (Fsp3) is 0.211. The highest BCUT2D eigenvalue weighted by Gasteiger charge is 2.20. The minimum absolute atomic E-state index is 0.221. The zero-order chi connectivity index (χ0) is 20.0.